The maximum Gasteiger partial charge on any atom is 0.244 e. The number of amides is 2. The fourth-order valence-electron chi connectivity index (χ4n) is 3.52. The third kappa shape index (κ3) is 7.95. The second-order valence-corrected chi connectivity index (χ2v) is 10.6. The molecule has 0 bridgehead atoms. The Hall–Kier alpha value is -3.14. The highest BCUT2D eigenvalue weighted by Crippen LogP contribution is 2.23. The number of halogens is 1. The highest BCUT2D eigenvalue weighted by Gasteiger charge is 2.32. The maximum atomic E-state index is 14.5. The molecule has 0 saturated carbocycles. The first-order valence-electron chi connectivity index (χ1n) is 11.4. The van der Waals surface area contributed by atoms with Gasteiger partial charge < -0.3 is 15.0 Å². The molecule has 0 aromatic heterocycles. The van der Waals surface area contributed by atoms with E-state index < -0.39 is 34.3 Å². The van der Waals surface area contributed by atoms with Gasteiger partial charge >= 0.3 is 0 Å². The van der Waals surface area contributed by atoms with Crippen molar-refractivity contribution in [2.45, 2.75) is 39.8 Å². The third-order valence-electron chi connectivity index (χ3n) is 5.38. The summed E-state index contributed by atoms with van der Waals surface area (Å²) in [5, 5.41) is 2.85. The van der Waals surface area contributed by atoms with Gasteiger partial charge in [-0.1, -0.05) is 45.0 Å². The highest BCUT2D eigenvalue weighted by atomic mass is 32.2. The molecule has 0 fully saturated rings. The molecule has 0 aliphatic rings. The molecule has 192 valence electrons. The predicted molar refractivity (Wildman–Crippen MR) is 134 cm³/mol. The second kappa shape index (κ2) is 12.5. The number of para-hydroxylation sites is 1. The topological polar surface area (TPSA) is 96.0 Å². The number of hydrogen-bond donors (Lipinski definition) is 1. The molecular formula is C25H34FN3O5S. The number of benzene rings is 2. The zero-order valence-electron chi connectivity index (χ0n) is 20.8. The summed E-state index contributed by atoms with van der Waals surface area (Å²) in [6.45, 7) is 5.54. The van der Waals surface area contributed by atoms with Crippen molar-refractivity contribution in [3.05, 3.63) is 59.9 Å². The van der Waals surface area contributed by atoms with Crippen LogP contribution in [0.4, 0.5) is 10.1 Å². The van der Waals surface area contributed by atoms with Gasteiger partial charge in [-0.15, -0.1) is 0 Å². The number of methoxy groups -OCH3 is 1. The minimum absolute atomic E-state index is 0.0608. The van der Waals surface area contributed by atoms with Gasteiger partial charge in [0.05, 0.1) is 19.1 Å². The first-order chi connectivity index (χ1) is 16.5. The Balaban J connectivity index is 2.42. The zero-order chi connectivity index (χ0) is 26.2. The smallest absolute Gasteiger partial charge is 0.244 e. The van der Waals surface area contributed by atoms with Crippen molar-refractivity contribution in [2.24, 2.45) is 5.92 Å². The lowest BCUT2D eigenvalue weighted by Gasteiger charge is -2.33. The molecule has 1 N–H and O–H groups in total. The van der Waals surface area contributed by atoms with Crippen LogP contribution in [0.2, 0.25) is 0 Å². The SMILES string of the molecule is CC[C@@H](C(=O)NCC(C)C)N(Cc1ccc(OC)cc1)C(=O)CN(c1ccccc1F)S(C)(=O)=O. The molecule has 0 spiro atoms. The second-order valence-electron chi connectivity index (χ2n) is 8.65. The van der Waals surface area contributed by atoms with E-state index >= 15 is 0 Å². The molecule has 1 atom stereocenters. The zero-order valence-corrected chi connectivity index (χ0v) is 21.6. The van der Waals surface area contributed by atoms with Crippen LogP contribution in [-0.2, 0) is 26.2 Å². The van der Waals surface area contributed by atoms with E-state index in [1.54, 1.807) is 38.3 Å². The quantitative estimate of drug-likeness (QED) is 0.476. The van der Waals surface area contributed by atoms with Gasteiger partial charge in [0, 0.05) is 13.1 Å². The molecule has 0 aliphatic heterocycles. The Morgan fingerprint density at radius 2 is 1.71 bits per heavy atom. The first kappa shape index (κ1) is 28.1. The number of nitrogens with one attached hydrogen (secondary N) is 1. The van der Waals surface area contributed by atoms with Crippen LogP contribution in [0.1, 0.15) is 32.8 Å². The minimum Gasteiger partial charge on any atom is -0.497 e. The van der Waals surface area contributed by atoms with Crippen LogP contribution < -0.4 is 14.4 Å². The number of carbonyl (C=O) groups is 2. The average Bonchev–Trinajstić information content (AvgIpc) is 2.81. The van der Waals surface area contributed by atoms with Crippen LogP contribution in [0.15, 0.2) is 48.5 Å². The number of rotatable bonds is 12. The number of anilines is 1. The summed E-state index contributed by atoms with van der Waals surface area (Å²) in [5.74, 6) is -0.879. The number of ether oxygens (including phenoxy) is 1. The van der Waals surface area contributed by atoms with Crippen molar-refractivity contribution in [3.8, 4) is 5.75 Å². The highest BCUT2D eigenvalue weighted by molar-refractivity contribution is 7.92. The van der Waals surface area contributed by atoms with Crippen LogP contribution in [0, 0.1) is 11.7 Å². The van der Waals surface area contributed by atoms with E-state index in [1.807, 2.05) is 13.8 Å². The standard InChI is InChI=1S/C25H34FN3O5S/c1-6-22(25(31)27-15-18(2)3)28(16-19-11-13-20(34-4)14-12-19)24(30)17-29(35(5,32)33)23-10-8-7-9-21(23)26/h7-14,18,22H,6,15-17H2,1-5H3,(H,27,31)/t22-/m0/s1. The van der Waals surface area contributed by atoms with Crippen LogP contribution >= 0.6 is 0 Å². The van der Waals surface area contributed by atoms with Crippen LogP contribution in [0.25, 0.3) is 0 Å². The molecule has 2 rings (SSSR count). The van der Waals surface area contributed by atoms with E-state index in [0.717, 1.165) is 22.2 Å². The summed E-state index contributed by atoms with van der Waals surface area (Å²) in [6.07, 6.45) is 1.22. The van der Waals surface area contributed by atoms with Crippen molar-refractivity contribution in [2.75, 3.05) is 30.8 Å². The molecule has 0 aliphatic carbocycles. The number of carbonyl (C=O) groups excluding carboxylic acids is 2. The van der Waals surface area contributed by atoms with Crippen molar-refractivity contribution < 1.29 is 27.1 Å². The Kier molecular flexibility index (Phi) is 10.1. The summed E-state index contributed by atoms with van der Waals surface area (Å²) in [7, 11) is -2.46. The number of nitrogens with zero attached hydrogens (tertiary/aromatic N) is 2. The van der Waals surface area contributed by atoms with E-state index in [2.05, 4.69) is 5.32 Å². The van der Waals surface area contributed by atoms with Crippen LogP contribution in [0.5, 0.6) is 5.75 Å². The lowest BCUT2D eigenvalue weighted by atomic mass is 10.1. The van der Waals surface area contributed by atoms with Crippen molar-refractivity contribution in [1.29, 1.82) is 0 Å². The Bertz CT molecular complexity index is 1110. The van der Waals surface area contributed by atoms with Crippen molar-refractivity contribution >= 4 is 27.5 Å². The van der Waals surface area contributed by atoms with E-state index in [1.165, 1.54) is 23.1 Å². The molecule has 35 heavy (non-hydrogen) atoms. The van der Waals surface area contributed by atoms with E-state index in [9.17, 15) is 22.4 Å². The molecule has 2 aromatic rings. The largest absolute Gasteiger partial charge is 0.497 e. The van der Waals surface area contributed by atoms with Gasteiger partial charge in [0.1, 0.15) is 24.2 Å². The fraction of sp³-hybridized carbons (Fsp3) is 0.440. The molecule has 10 heteroatoms. The van der Waals surface area contributed by atoms with Crippen molar-refractivity contribution in [1.82, 2.24) is 10.2 Å². The van der Waals surface area contributed by atoms with Gasteiger partial charge in [-0.25, -0.2) is 12.8 Å². The molecule has 0 saturated heterocycles. The summed E-state index contributed by atoms with van der Waals surface area (Å²) < 4.78 is 45.4. The Labute approximate surface area is 207 Å². The van der Waals surface area contributed by atoms with Crippen LogP contribution in [0.3, 0.4) is 0 Å². The monoisotopic (exact) mass is 507 g/mol. The van der Waals surface area contributed by atoms with Crippen molar-refractivity contribution in [3.63, 3.8) is 0 Å². The summed E-state index contributed by atoms with van der Waals surface area (Å²) >= 11 is 0. The summed E-state index contributed by atoms with van der Waals surface area (Å²) in [5.41, 5.74) is 0.496. The average molecular weight is 508 g/mol. The van der Waals surface area contributed by atoms with Gasteiger partial charge in [0.25, 0.3) is 0 Å². The molecule has 2 aromatic carbocycles. The minimum atomic E-state index is -4.00. The summed E-state index contributed by atoms with van der Waals surface area (Å²) in [6, 6.07) is 11.5. The predicted octanol–water partition coefficient (Wildman–Crippen LogP) is 3.18. The van der Waals surface area contributed by atoms with Gasteiger partial charge in [0.15, 0.2) is 0 Å². The molecule has 8 nitrogen and oxygen atoms in total. The van der Waals surface area contributed by atoms with E-state index in [-0.39, 0.29) is 24.1 Å². The number of sulfonamides is 1. The fourth-order valence-corrected chi connectivity index (χ4v) is 4.37. The molecule has 0 radical (unpaired) electrons. The lowest BCUT2D eigenvalue weighted by Crippen LogP contribution is -2.52. The summed E-state index contributed by atoms with van der Waals surface area (Å²) in [4.78, 5) is 27.9. The third-order valence-corrected chi connectivity index (χ3v) is 6.51. The first-order valence-corrected chi connectivity index (χ1v) is 13.2. The van der Waals surface area contributed by atoms with Gasteiger partial charge in [-0.2, -0.15) is 0 Å². The Morgan fingerprint density at radius 3 is 2.23 bits per heavy atom. The molecule has 0 heterocycles. The van der Waals surface area contributed by atoms with Crippen LogP contribution in [-0.4, -0.2) is 57.6 Å². The normalized spacial score (nSPS) is 12.2. The molecule has 2 amide bonds. The van der Waals surface area contributed by atoms with Gasteiger partial charge in [-0.05, 0) is 42.2 Å². The lowest BCUT2D eigenvalue weighted by molar-refractivity contribution is -0.140. The molecular weight excluding hydrogens is 473 g/mol. The molecule has 0 unspecified atom stereocenters. The van der Waals surface area contributed by atoms with E-state index in [0.29, 0.717) is 18.7 Å². The van der Waals surface area contributed by atoms with E-state index in [4.69, 9.17) is 4.74 Å². The van der Waals surface area contributed by atoms with Gasteiger partial charge in [0.2, 0.25) is 21.8 Å². The van der Waals surface area contributed by atoms with Gasteiger partial charge in [-0.3, -0.25) is 13.9 Å². The number of hydrogen-bond acceptors (Lipinski definition) is 5. The maximum absolute atomic E-state index is 14.5. The Morgan fingerprint density at radius 1 is 1.09 bits per heavy atom.